The van der Waals surface area contributed by atoms with Gasteiger partial charge in [-0.25, -0.2) is 0 Å². The molecule has 3 N–H and O–H groups in total. The van der Waals surface area contributed by atoms with E-state index in [0.717, 1.165) is 26.1 Å². The highest BCUT2D eigenvalue weighted by Crippen LogP contribution is 2.01. The summed E-state index contributed by atoms with van der Waals surface area (Å²) >= 11 is 0. The van der Waals surface area contributed by atoms with E-state index in [1.54, 1.807) is 0 Å². The second-order valence-electron chi connectivity index (χ2n) is 3.62. The number of aliphatic hydroxyl groups is 1. The van der Waals surface area contributed by atoms with Crippen LogP contribution in [0, 0.1) is 0 Å². The second-order valence-corrected chi connectivity index (χ2v) is 3.62. The van der Waals surface area contributed by atoms with E-state index in [-0.39, 0.29) is 6.10 Å². The third-order valence-electron chi connectivity index (χ3n) is 2.33. The third-order valence-corrected chi connectivity index (χ3v) is 2.33. The molecule has 0 aromatic carbocycles. The van der Waals surface area contributed by atoms with Gasteiger partial charge in [0.05, 0.1) is 6.10 Å². The predicted molar refractivity (Wildman–Crippen MR) is 50.2 cm³/mol. The van der Waals surface area contributed by atoms with E-state index < -0.39 is 0 Å². The maximum Gasteiger partial charge on any atom is 0.0524 e. The first-order valence-corrected chi connectivity index (χ1v) is 4.91. The Balaban J connectivity index is 1.98. The Bertz CT molecular complexity index is 111. The van der Waals surface area contributed by atoms with Gasteiger partial charge in [0.2, 0.25) is 0 Å². The SMILES string of the molecule is C[C@H](O)CCNC1CCNCC1. The molecule has 0 bridgehead atoms. The van der Waals surface area contributed by atoms with Gasteiger partial charge in [0.25, 0.3) is 0 Å². The van der Waals surface area contributed by atoms with Gasteiger partial charge in [-0.2, -0.15) is 0 Å². The smallest absolute Gasteiger partial charge is 0.0524 e. The van der Waals surface area contributed by atoms with Crippen molar-refractivity contribution in [3.05, 3.63) is 0 Å². The van der Waals surface area contributed by atoms with E-state index in [1.165, 1.54) is 12.8 Å². The molecule has 0 unspecified atom stereocenters. The number of aliphatic hydroxyl groups excluding tert-OH is 1. The lowest BCUT2D eigenvalue weighted by atomic mass is 10.1. The lowest BCUT2D eigenvalue weighted by molar-refractivity contribution is 0.181. The van der Waals surface area contributed by atoms with Crippen LogP contribution in [0.4, 0.5) is 0 Å². The zero-order valence-electron chi connectivity index (χ0n) is 7.84. The van der Waals surface area contributed by atoms with Crippen LogP contribution in [-0.2, 0) is 0 Å². The molecule has 0 radical (unpaired) electrons. The van der Waals surface area contributed by atoms with Gasteiger partial charge in [-0.1, -0.05) is 0 Å². The second kappa shape index (κ2) is 5.51. The first-order valence-electron chi connectivity index (χ1n) is 4.91. The van der Waals surface area contributed by atoms with Gasteiger partial charge in [0.1, 0.15) is 0 Å². The first-order chi connectivity index (χ1) is 5.79. The summed E-state index contributed by atoms with van der Waals surface area (Å²) in [5.74, 6) is 0. The Labute approximate surface area is 74.5 Å². The highest BCUT2D eigenvalue weighted by Gasteiger charge is 2.11. The summed E-state index contributed by atoms with van der Waals surface area (Å²) in [6.07, 6.45) is 3.14. The number of nitrogens with one attached hydrogen (secondary N) is 2. The minimum Gasteiger partial charge on any atom is -0.393 e. The standard InChI is InChI=1S/C9H20N2O/c1-8(12)2-7-11-9-3-5-10-6-4-9/h8-12H,2-7H2,1H3/t8-/m0/s1. The minimum absolute atomic E-state index is 0.167. The third kappa shape index (κ3) is 4.04. The molecule has 0 aliphatic carbocycles. The maximum atomic E-state index is 9.03. The van der Waals surface area contributed by atoms with Crippen molar-refractivity contribution in [3.8, 4) is 0 Å². The van der Waals surface area contributed by atoms with E-state index in [0.29, 0.717) is 6.04 Å². The van der Waals surface area contributed by atoms with Crippen molar-refractivity contribution in [1.29, 1.82) is 0 Å². The Kier molecular flexibility index (Phi) is 4.58. The van der Waals surface area contributed by atoms with Gasteiger partial charge in [0, 0.05) is 6.04 Å². The normalized spacial score (nSPS) is 22.5. The highest BCUT2D eigenvalue weighted by molar-refractivity contribution is 4.74. The van der Waals surface area contributed by atoms with Crippen molar-refractivity contribution in [2.24, 2.45) is 0 Å². The van der Waals surface area contributed by atoms with Crippen molar-refractivity contribution in [3.63, 3.8) is 0 Å². The summed E-state index contributed by atoms with van der Waals surface area (Å²) in [6, 6.07) is 0.671. The monoisotopic (exact) mass is 172 g/mol. The van der Waals surface area contributed by atoms with E-state index in [9.17, 15) is 0 Å². The van der Waals surface area contributed by atoms with E-state index in [1.807, 2.05) is 6.92 Å². The van der Waals surface area contributed by atoms with Gasteiger partial charge in [0.15, 0.2) is 0 Å². The number of hydrogen-bond acceptors (Lipinski definition) is 3. The number of rotatable bonds is 4. The Hall–Kier alpha value is -0.120. The zero-order valence-corrected chi connectivity index (χ0v) is 7.84. The van der Waals surface area contributed by atoms with E-state index in [4.69, 9.17) is 5.11 Å². The summed E-state index contributed by atoms with van der Waals surface area (Å²) < 4.78 is 0. The van der Waals surface area contributed by atoms with Crippen LogP contribution in [0.5, 0.6) is 0 Å². The van der Waals surface area contributed by atoms with Gasteiger partial charge >= 0.3 is 0 Å². The van der Waals surface area contributed by atoms with E-state index in [2.05, 4.69) is 10.6 Å². The molecule has 1 aliphatic heterocycles. The fraction of sp³-hybridized carbons (Fsp3) is 1.00. The van der Waals surface area contributed by atoms with Crippen LogP contribution in [-0.4, -0.2) is 36.9 Å². The summed E-state index contributed by atoms with van der Waals surface area (Å²) in [5, 5.41) is 15.8. The molecular weight excluding hydrogens is 152 g/mol. The van der Waals surface area contributed by atoms with Crippen LogP contribution < -0.4 is 10.6 Å². The van der Waals surface area contributed by atoms with Crippen LogP contribution >= 0.6 is 0 Å². The number of hydrogen-bond donors (Lipinski definition) is 3. The molecular formula is C9H20N2O. The molecule has 0 saturated carbocycles. The van der Waals surface area contributed by atoms with Gasteiger partial charge < -0.3 is 15.7 Å². The Morgan fingerprint density at radius 1 is 1.50 bits per heavy atom. The summed E-state index contributed by atoms with van der Waals surface area (Å²) in [5.41, 5.74) is 0. The minimum atomic E-state index is -0.167. The topological polar surface area (TPSA) is 44.3 Å². The quantitative estimate of drug-likeness (QED) is 0.563. The molecule has 0 amide bonds. The Morgan fingerprint density at radius 3 is 2.75 bits per heavy atom. The summed E-state index contributed by atoms with van der Waals surface area (Å²) in [4.78, 5) is 0. The summed E-state index contributed by atoms with van der Waals surface area (Å²) in [7, 11) is 0. The lowest BCUT2D eigenvalue weighted by Gasteiger charge is -2.23. The highest BCUT2D eigenvalue weighted by atomic mass is 16.3. The van der Waals surface area contributed by atoms with Crippen molar-refractivity contribution in [2.75, 3.05) is 19.6 Å². The van der Waals surface area contributed by atoms with Crippen molar-refractivity contribution < 1.29 is 5.11 Å². The molecule has 72 valence electrons. The Morgan fingerprint density at radius 2 is 2.17 bits per heavy atom. The fourth-order valence-electron chi connectivity index (χ4n) is 1.52. The van der Waals surface area contributed by atoms with Crippen LogP contribution in [0.2, 0.25) is 0 Å². The van der Waals surface area contributed by atoms with Crippen molar-refractivity contribution in [2.45, 2.75) is 38.3 Å². The van der Waals surface area contributed by atoms with Crippen molar-refractivity contribution in [1.82, 2.24) is 10.6 Å². The average Bonchev–Trinajstić information content (AvgIpc) is 2.05. The molecule has 3 nitrogen and oxygen atoms in total. The fourth-order valence-corrected chi connectivity index (χ4v) is 1.52. The van der Waals surface area contributed by atoms with Gasteiger partial charge in [-0.3, -0.25) is 0 Å². The molecule has 1 saturated heterocycles. The molecule has 1 rings (SSSR count). The molecule has 1 heterocycles. The maximum absolute atomic E-state index is 9.03. The molecule has 0 aromatic rings. The zero-order chi connectivity index (χ0) is 8.81. The molecule has 1 fully saturated rings. The molecule has 1 atom stereocenters. The van der Waals surface area contributed by atoms with Crippen LogP contribution in [0.25, 0.3) is 0 Å². The van der Waals surface area contributed by atoms with E-state index >= 15 is 0 Å². The molecule has 0 spiro atoms. The van der Waals surface area contributed by atoms with Crippen molar-refractivity contribution >= 4 is 0 Å². The molecule has 1 aliphatic rings. The summed E-state index contributed by atoms with van der Waals surface area (Å²) in [6.45, 7) is 5.05. The van der Waals surface area contributed by atoms with Gasteiger partial charge in [-0.05, 0) is 45.8 Å². The predicted octanol–water partition coefficient (Wildman–Crippen LogP) is 0.0989. The van der Waals surface area contributed by atoms with Gasteiger partial charge in [-0.15, -0.1) is 0 Å². The largest absolute Gasteiger partial charge is 0.393 e. The average molecular weight is 172 g/mol. The molecule has 3 heteroatoms. The van der Waals surface area contributed by atoms with Crippen LogP contribution in [0.1, 0.15) is 26.2 Å². The lowest BCUT2D eigenvalue weighted by Crippen LogP contribution is -2.40. The van der Waals surface area contributed by atoms with Crippen LogP contribution in [0.3, 0.4) is 0 Å². The first kappa shape index (κ1) is 9.96. The van der Waals surface area contributed by atoms with Crippen LogP contribution in [0.15, 0.2) is 0 Å². The number of piperidine rings is 1. The molecule has 0 aromatic heterocycles. The molecule has 12 heavy (non-hydrogen) atoms.